The Balaban J connectivity index is 2.02. The van der Waals surface area contributed by atoms with Crippen molar-refractivity contribution in [2.24, 2.45) is 0 Å². The average molecular weight is 302 g/mol. The molecule has 0 aliphatic rings. The van der Waals surface area contributed by atoms with E-state index in [2.05, 4.69) is 15.2 Å². The van der Waals surface area contributed by atoms with Crippen molar-refractivity contribution in [1.29, 1.82) is 0 Å². The van der Waals surface area contributed by atoms with Gasteiger partial charge in [0.15, 0.2) is 0 Å². The number of ether oxygens (including phenoxy) is 1. The summed E-state index contributed by atoms with van der Waals surface area (Å²) in [4.78, 5) is 16.4. The van der Waals surface area contributed by atoms with Crippen molar-refractivity contribution < 1.29 is 4.74 Å². The Bertz CT molecular complexity index is 818. The maximum absolute atomic E-state index is 12.0. The second-order valence-electron chi connectivity index (χ2n) is 4.54. The van der Waals surface area contributed by atoms with Crippen LogP contribution in [0.15, 0.2) is 34.4 Å². The minimum atomic E-state index is -0.272. The number of methoxy groups -OCH3 is 1. The molecular weight excluding hydrogens is 288 g/mol. The van der Waals surface area contributed by atoms with Gasteiger partial charge in [-0.2, -0.15) is 5.10 Å². The van der Waals surface area contributed by atoms with Gasteiger partial charge >= 0.3 is 5.69 Å². The topological polar surface area (TPSA) is 72.8 Å². The van der Waals surface area contributed by atoms with Gasteiger partial charge in [0, 0.05) is 17.1 Å². The van der Waals surface area contributed by atoms with Gasteiger partial charge in [0.05, 0.1) is 19.2 Å². The third-order valence-electron chi connectivity index (χ3n) is 3.03. The molecular formula is C14H14N4O2S. The number of aromatic nitrogens is 4. The number of rotatable bonds is 4. The molecule has 0 aliphatic carbocycles. The SMILES string of the molecule is COc1cccc(-n2c(Cc3nc(C)cs3)n[nH]c2=O)c1. The number of nitrogens with zero attached hydrogens (tertiary/aromatic N) is 3. The van der Waals surface area contributed by atoms with E-state index >= 15 is 0 Å². The predicted octanol–water partition coefficient (Wildman–Crippen LogP) is 1.92. The van der Waals surface area contributed by atoms with Crippen molar-refractivity contribution >= 4 is 11.3 Å². The van der Waals surface area contributed by atoms with E-state index in [1.165, 1.54) is 0 Å². The normalized spacial score (nSPS) is 10.8. The summed E-state index contributed by atoms with van der Waals surface area (Å²) in [5, 5.41) is 9.51. The zero-order chi connectivity index (χ0) is 14.8. The number of aryl methyl sites for hydroxylation is 1. The van der Waals surface area contributed by atoms with Crippen LogP contribution >= 0.6 is 11.3 Å². The van der Waals surface area contributed by atoms with E-state index < -0.39 is 0 Å². The Labute approximate surface area is 125 Å². The Morgan fingerprint density at radius 3 is 3.00 bits per heavy atom. The summed E-state index contributed by atoms with van der Waals surface area (Å²) in [5.41, 5.74) is 1.42. The second-order valence-corrected chi connectivity index (χ2v) is 5.48. The third kappa shape index (κ3) is 2.73. The molecule has 2 aromatic heterocycles. The number of aromatic amines is 1. The summed E-state index contributed by atoms with van der Waals surface area (Å²) in [7, 11) is 1.59. The lowest BCUT2D eigenvalue weighted by atomic mass is 10.3. The molecule has 2 heterocycles. The van der Waals surface area contributed by atoms with Crippen molar-refractivity contribution in [1.82, 2.24) is 19.7 Å². The standard InChI is InChI=1S/C14H14N4O2S/c1-9-8-21-13(15-9)7-12-16-17-14(19)18(12)10-4-3-5-11(6-10)20-2/h3-6,8H,7H2,1-2H3,(H,17,19). The molecule has 21 heavy (non-hydrogen) atoms. The van der Waals surface area contributed by atoms with Gasteiger partial charge in [-0.15, -0.1) is 11.3 Å². The fourth-order valence-corrected chi connectivity index (χ4v) is 2.85. The van der Waals surface area contributed by atoms with Crippen molar-refractivity contribution in [2.45, 2.75) is 13.3 Å². The maximum Gasteiger partial charge on any atom is 0.347 e. The highest BCUT2D eigenvalue weighted by Gasteiger charge is 2.13. The van der Waals surface area contributed by atoms with Crippen LogP contribution in [0.2, 0.25) is 0 Å². The Morgan fingerprint density at radius 2 is 2.29 bits per heavy atom. The minimum absolute atomic E-state index is 0.272. The summed E-state index contributed by atoms with van der Waals surface area (Å²) >= 11 is 1.56. The highest BCUT2D eigenvalue weighted by molar-refractivity contribution is 7.09. The fourth-order valence-electron chi connectivity index (χ4n) is 2.08. The zero-order valence-corrected chi connectivity index (χ0v) is 12.5. The number of hydrogen-bond donors (Lipinski definition) is 1. The van der Waals surface area contributed by atoms with E-state index in [0.717, 1.165) is 16.4 Å². The molecule has 0 fully saturated rings. The highest BCUT2D eigenvalue weighted by atomic mass is 32.1. The molecule has 0 saturated heterocycles. The Hall–Kier alpha value is -2.41. The van der Waals surface area contributed by atoms with Crippen LogP contribution in [0.4, 0.5) is 0 Å². The first-order valence-corrected chi connectivity index (χ1v) is 7.27. The molecule has 1 N–H and O–H groups in total. The number of nitrogens with one attached hydrogen (secondary N) is 1. The average Bonchev–Trinajstić information content (AvgIpc) is 3.06. The highest BCUT2D eigenvalue weighted by Crippen LogP contribution is 2.18. The molecule has 0 amide bonds. The summed E-state index contributed by atoms with van der Waals surface area (Å²) in [6.45, 7) is 1.94. The summed E-state index contributed by atoms with van der Waals surface area (Å²) in [6, 6.07) is 7.31. The lowest BCUT2D eigenvalue weighted by Gasteiger charge is -2.06. The lowest BCUT2D eigenvalue weighted by Crippen LogP contribution is -2.17. The monoisotopic (exact) mass is 302 g/mol. The van der Waals surface area contributed by atoms with E-state index in [1.54, 1.807) is 29.1 Å². The number of hydrogen-bond acceptors (Lipinski definition) is 5. The van der Waals surface area contributed by atoms with Crippen molar-refractivity contribution in [2.75, 3.05) is 7.11 Å². The van der Waals surface area contributed by atoms with Gasteiger partial charge in [0.2, 0.25) is 0 Å². The zero-order valence-electron chi connectivity index (χ0n) is 11.7. The Kier molecular flexibility index (Phi) is 3.57. The van der Waals surface area contributed by atoms with Gasteiger partial charge in [-0.3, -0.25) is 0 Å². The molecule has 0 radical (unpaired) electrons. The van der Waals surface area contributed by atoms with E-state index in [0.29, 0.717) is 18.0 Å². The fraction of sp³-hybridized carbons (Fsp3) is 0.214. The largest absolute Gasteiger partial charge is 0.497 e. The van der Waals surface area contributed by atoms with Crippen LogP contribution in [-0.2, 0) is 6.42 Å². The van der Waals surface area contributed by atoms with Gasteiger partial charge in [0.25, 0.3) is 0 Å². The quantitative estimate of drug-likeness (QED) is 0.799. The first-order valence-electron chi connectivity index (χ1n) is 6.39. The second kappa shape index (κ2) is 5.53. The molecule has 1 aromatic carbocycles. The Morgan fingerprint density at radius 1 is 1.43 bits per heavy atom. The molecule has 3 rings (SSSR count). The molecule has 7 heteroatoms. The van der Waals surface area contributed by atoms with Gasteiger partial charge in [-0.25, -0.2) is 19.4 Å². The molecule has 0 bridgehead atoms. The number of thiazole rings is 1. The van der Waals surface area contributed by atoms with E-state index in [4.69, 9.17) is 4.74 Å². The molecule has 6 nitrogen and oxygen atoms in total. The first-order chi connectivity index (χ1) is 10.2. The van der Waals surface area contributed by atoms with Crippen LogP contribution in [0.5, 0.6) is 5.75 Å². The predicted molar refractivity (Wildman–Crippen MR) is 80.4 cm³/mol. The number of H-pyrrole nitrogens is 1. The molecule has 3 aromatic rings. The summed E-state index contributed by atoms with van der Waals surface area (Å²) in [6.07, 6.45) is 0.508. The van der Waals surface area contributed by atoms with Crippen LogP contribution in [0, 0.1) is 6.92 Å². The minimum Gasteiger partial charge on any atom is -0.497 e. The van der Waals surface area contributed by atoms with Crippen molar-refractivity contribution in [3.8, 4) is 11.4 Å². The van der Waals surface area contributed by atoms with E-state index in [9.17, 15) is 4.79 Å². The van der Waals surface area contributed by atoms with Gasteiger partial charge in [-0.05, 0) is 19.1 Å². The molecule has 108 valence electrons. The molecule has 0 spiro atoms. The van der Waals surface area contributed by atoms with Crippen LogP contribution < -0.4 is 10.4 Å². The van der Waals surface area contributed by atoms with Gasteiger partial charge in [0.1, 0.15) is 16.6 Å². The maximum atomic E-state index is 12.0. The molecule has 0 atom stereocenters. The van der Waals surface area contributed by atoms with Crippen LogP contribution in [0.25, 0.3) is 5.69 Å². The number of benzene rings is 1. The van der Waals surface area contributed by atoms with Crippen molar-refractivity contribution in [3.05, 3.63) is 56.7 Å². The van der Waals surface area contributed by atoms with Crippen LogP contribution in [0.1, 0.15) is 16.5 Å². The summed E-state index contributed by atoms with van der Waals surface area (Å²) < 4.78 is 6.74. The van der Waals surface area contributed by atoms with Crippen LogP contribution in [-0.4, -0.2) is 26.9 Å². The van der Waals surface area contributed by atoms with Gasteiger partial charge in [-0.1, -0.05) is 6.07 Å². The van der Waals surface area contributed by atoms with Gasteiger partial charge < -0.3 is 4.74 Å². The smallest absolute Gasteiger partial charge is 0.347 e. The third-order valence-corrected chi connectivity index (χ3v) is 4.00. The summed E-state index contributed by atoms with van der Waals surface area (Å²) in [5.74, 6) is 1.32. The first kappa shape index (κ1) is 13.6. The van der Waals surface area contributed by atoms with Crippen LogP contribution in [0.3, 0.4) is 0 Å². The van der Waals surface area contributed by atoms with Crippen molar-refractivity contribution in [3.63, 3.8) is 0 Å². The molecule has 0 aliphatic heterocycles. The molecule has 0 saturated carbocycles. The lowest BCUT2D eigenvalue weighted by molar-refractivity contribution is 0.414. The van der Waals surface area contributed by atoms with E-state index in [-0.39, 0.29) is 5.69 Å². The molecule has 0 unspecified atom stereocenters. The van der Waals surface area contributed by atoms with E-state index in [1.807, 2.05) is 30.5 Å².